The van der Waals surface area contributed by atoms with Crippen LogP contribution in [0.15, 0.2) is 0 Å². The van der Waals surface area contributed by atoms with E-state index in [1.807, 2.05) is 13.8 Å². The van der Waals surface area contributed by atoms with Crippen molar-refractivity contribution in [2.75, 3.05) is 0 Å². The van der Waals surface area contributed by atoms with E-state index in [2.05, 4.69) is 0 Å². The van der Waals surface area contributed by atoms with Gasteiger partial charge in [-0.3, -0.25) is 0 Å². The lowest BCUT2D eigenvalue weighted by Crippen LogP contribution is -2.11. The maximum absolute atomic E-state index is 10.2. The fourth-order valence-corrected chi connectivity index (χ4v) is 0.829. The van der Waals surface area contributed by atoms with E-state index in [0.717, 1.165) is 0 Å². The highest BCUT2D eigenvalue weighted by molar-refractivity contribution is 5.75. The molecule has 9 heavy (non-hydrogen) atoms. The minimum Gasteiger partial charge on any atom is -0.479 e. The number of rotatable bonds is 2. The van der Waals surface area contributed by atoms with Crippen molar-refractivity contribution in [3.05, 3.63) is 0 Å². The quantitative estimate of drug-likeness (QED) is 0.553. The van der Waals surface area contributed by atoms with Gasteiger partial charge in [-0.2, -0.15) is 0 Å². The van der Waals surface area contributed by atoms with E-state index in [4.69, 9.17) is 9.84 Å². The summed E-state index contributed by atoms with van der Waals surface area (Å²) < 4.78 is 4.84. The maximum atomic E-state index is 10.2. The Hall–Kier alpha value is -0.570. The highest BCUT2D eigenvalue weighted by atomic mass is 16.6. The van der Waals surface area contributed by atoms with E-state index < -0.39 is 12.1 Å². The number of carbonyl (C=O) groups is 1. The van der Waals surface area contributed by atoms with E-state index in [1.165, 1.54) is 0 Å². The van der Waals surface area contributed by atoms with Crippen molar-refractivity contribution in [3.63, 3.8) is 0 Å². The van der Waals surface area contributed by atoms with Gasteiger partial charge < -0.3 is 9.84 Å². The molecule has 2 unspecified atom stereocenters. The first-order chi connectivity index (χ1) is 4.13. The molecule has 0 aromatic rings. The van der Waals surface area contributed by atoms with E-state index >= 15 is 0 Å². The molecule has 3 nitrogen and oxygen atoms in total. The molecule has 3 heteroatoms. The zero-order valence-electron chi connectivity index (χ0n) is 5.50. The SMILES string of the molecule is CC(C)C1OC1C(=O)O. The van der Waals surface area contributed by atoms with Crippen LogP contribution < -0.4 is 0 Å². The fraction of sp³-hybridized carbons (Fsp3) is 0.833. The Balaban J connectivity index is 2.33. The number of carboxylic acids is 1. The molecule has 2 atom stereocenters. The predicted molar refractivity (Wildman–Crippen MR) is 31.1 cm³/mol. The molecule has 0 amide bonds. The molecule has 0 radical (unpaired) electrons. The lowest BCUT2D eigenvalue weighted by Gasteiger charge is -1.93. The van der Waals surface area contributed by atoms with Crippen LogP contribution in [0.4, 0.5) is 0 Å². The molecule has 1 heterocycles. The molecule has 1 aliphatic rings. The molecule has 1 N–H and O–H groups in total. The zero-order valence-corrected chi connectivity index (χ0v) is 5.50. The number of epoxide rings is 1. The third-order valence-corrected chi connectivity index (χ3v) is 1.43. The van der Waals surface area contributed by atoms with Crippen LogP contribution in [0.1, 0.15) is 13.8 Å². The topological polar surface area (TPSA) is 49.8 Å². The Morgan fingerprint density at radius 1 is 1.67 bits per heavy atom. The van der Waals surface area contributed by atoms with Gasteiger partial charge in [0.1, 0.15) is 0 Å². The van der Waals surface area contributed by atoms with Gasteiger partial charge in [0.2, 0.25) is 0 Å². The van der Waals surface area contributed by atoms with Gasteiger partial charge in [-0.15, -0.1) is 0 Å². The van der Waals surface area contributed by atoms with Gasteiger partial charge in [-0.1, -0.05) is 13.8 Å². The average Bonchev–Trinajstić information content (AvgIpc) is 2.39. The number of hydrogen-bond donors (Lipinski definition) is 1. The molecule has 0 saturated carbocycles. The summed E-state index contributed by atoms with van der Waals surface area (Å²) in [5.74, 6) is -0.514. The molecule has 0 bridgehead atoms. The smallest absolute Gasteiger partial charge is 0.335 e. The van der Waals surface area contributed by atoms with Crippen molar-refractivity contribution < 1.29 is 14.6 Å². The van der Waals surface area contributed by atoms with Crippen molar-refractivity contribution in [1.29, 1.82) is 0 Å². The molecular weight excluding hydrogens is 120 g/mol. The molecule has 1 saturated heterocycles. The van der Waals surface area contributed by atoms with Crippen LogP contribution in [0, 0.1) is 5.92 Å². The van der Waals surface area contributed by atoms with Crippen molar-refractivity contribution in [2.24, 2.45) is 5.92 Å². The first kappa shape index (κ1) is 6.55. The summed E-state index contributed by atoms with van der Waals surface area (Å²) in [7, 11) is 0. The van der Waals surface area contributed by atoms with Gasteiger partial charge in [0.25, 0.3) is 0 Å². The lowest BCUT2D eigenvalue weighted by atomic mass is 10.1. The van der Waals surface area contributed by atoms with E-state index in [9.17, 15) is 4.79 Å². The predicted octanol–water partition coefficient (Wildman–Crippen LogP) is 0.494. The largest absolute Gasteiger partial charge is 0.479 e. The van der Waals surface area contributed by atoms with Crippen LogP contribution in [0.2, 0.25) is 0 Å². The van der Waals surface area contributed by atoms with Gasteiger partial charge in [0.15, 0.2) is 6.10 Å². The molecule has 1 rings (SSSR count). The maximum Gasteiger partial charge on any atom is 0.335 e. The third-order valence-electron chi connectivity index (χ3n) is 1.43. The summed E-state index contributed by atoms with van der Waals surface area (Å²) in [5, 5.41) is 8.35. The Kier molecular flexibility index (Phi) is 1.45. The van der Waals surface area contributed by atoms with Gasteiger partial charge >= 0.3 is 5.97 Å². The van der Waals surface area contributed by atoms with Gasteiger partial charge in [0.05, 0.1) is 6.10 Å². The number of hydrogen-bond acceptors (Lipinski definition) is 2. The monoisotopic (exact) mass is 130 g/mol. The highest BCUT2D eigenvalue weighted by Crippen LogP contribution is 2.28. The summed E-state index contributed by atoms with van der Waals surface area (Å²) in [5.41, 5.74) is 0. The molecule has 0 aliphatic carbocycles. The second-order valence-electron chi connectivity index (χ2n) is 2.60. The second kappa shape index (κ2) is 1.99. The summed E-state index contributed by atoms with van der Waals surface area (Å²) in [6.45, 7) is 3.90. The van der Waals surface area contributed by atoms with Crippen LogP contribution in [-0.2, 0) is 9.53 Å². The Morgan fingerprint density at radius 2 is 2.22 bits per heavy atom. The van der Waals surface area contributed by atoms with Crippen LogP contribution >= 0.6 is 0 Å². The molecule has 52 valence electrons. The first-order valence-electron chi connectivity index (χ1n) is 3.01. The van der Waals surface area contributed by atoms with E-state index in [1.54, 1.807) is 0 Å². The van der Waals surface area contributed by atoms with Gasteiger partial charge in [0, 0.05) is 0 Å². The average molecular weight is 130 g/mol. The van der Waals surface area contributed by atoms with Crippen molar-refractivity contribution >= 4 is 5.97 Å². The molecular formula is C6H10O3. The molecule has 0 aromatic carbocycles. The normalized spacial score (nSPS) is 32.8. The molecule has 0 spiro atoms. The van der Waals surface area contributed by atoms with Crippen molar-refractivity contribution in [1.82, 2.24) is 0 Å². The Bertz CT molecular complexity index is 130. The highest BCUT2D eigenvalue weighted by Gasteiger charge is 2.46. The summed E-state index contributed by atoms with van der Waals surface area (Å²) in [4.78, 5) is 10.2. The van der Waals surface area contributed by atoms with E-state index in [0.29, 0.717) is 5.92 Å². The van der Waals surface area contributed by atoms with E-state index in [-0.39, 0.29) is 6.10 Å². The third kappa shape index (κ3) is 1.21. The van der Waals surface area contributed by atoms with Crippen molar-refractivity contribution in [2.45, 2.75) is 26.1 Å². The number of ether oxygens (including phenoxy) is 1. The molecule has 1 fully saturated rings. The van der Waals surface area contributed by atoms with Gasteiger partial charge in [-0.05, 0) is 5.92 Å². The second-order valence-corrected chi connectivity index (χ2v) is 2.60. The standard InChI is InChI=1S/C6H10O3/c1-3(2)4-5(9-4)6(7)8/h3-5H,1-2H3,(H,7,8). The van der Waals surface area contributed by atoms with Crippen LogP contribution in [0.3, 0.4) is 0 Å². The number of carboxylic acid groups (broad SMARTS) is 1. The zero-order chi connectivity index (χ0) is 7.02. The van der Waals surface area contributed by atoms with Crippen LogP contribution in [0.5, 0.6) is 0 Å². The van der Waals surface area contributed by atoms with Gasteiger partial charge in [-0.25, -0.2) is 4.79 Å². The Morgan fingerprint density at radius 3 is 2.33 bits per heavy atom. The minimum atomic E-state index is -0.839. The molecule has 0 aromatic heterocycles. The Labute approximate surface area is 53.6 Å². The molecule has 1 aliphatic heterocycles. The minimum absolute atomic E-state index is 0.0394. The van der Waals surface area contributed by atoms with Crippen LogP contribution in [-0.4, -0.2) is 23.3 Å². The summed E-state index contributed by atoms with van der Waals surface area (Å²) in [6, 6.07) is 0. The summed E-state index contributed by atoms with van der Waals surface area (Å²) >= 11 is 0. The van der Waals surface area contributed by atoms with Crippen LogP contribution in [0.25, 0.3) is 0 Å². The number of aliphatic carboxylic acids is 1. The first-order valence-corrected chi connectivity index (χ1v) is 3.01. The summed E-state index contributed by atoms with van der Waals surface area (Å²) in [6.07, 6.45) is -0.563. The van der Waals surface area contributed by atoms with Crippen molar-refractivity contribution in [3.8, 4) is 0 Å². The fourth-order valence-electron chi connectivity index (χ4n) is 0.829. The lowest BCUT2D eigenvalue weighted by molar-refractivity contribution is -0.138.